The first-order valence-corrected chi connectivity index (χ1v) is 2.72. The predicted molar refractivity (Wildman–Crippen MR) is 38.4 cm³/mol. The maximum Gasteiger partial charge on any atom is 0.356 e. The van der Waals surface area contributed by atoms with Crippen molar-refractivity contribution in [2.75, 3.05) is 0 Å². The smallest absolute Gasteiger partial charge is 0.356 e. The maximum atomic E-state index is 10.1. The van der Waals surface area contributed by atoms with Crippen LogP contribution in [0.15, 0.2) is 18.6 Å². The fourth-order valence-electron chi connectivity index (χ4n) is 0.410. The number of carboxylic acids is 1. The molecule has 0 saturated heterocycles. The van der Waals surface area contributed by atoms with Crippen LogP contribution in [0, 0.1) is 5.53 Å². The summed E-state index contributed by atoms with van der Waals surface area (Å²) in [6.07, 6.45) is 3.96. The molecule has 0 unspecified atom stereocenters. The van der Waals surface area contributed by atoms with Crippen molar-refractivity contribution in [1.29, 1.82) is 5.53 Å². The number of hydrogen-bond donors (Lipinski definition) is 2. The van der Waals surface area contributed by atoms with E-state index >= 15 is 0 Å². The van der Waals surface area contributed by atoms with Crippen molar-refractivity contribution < 1.29 is 9.90 Å². The van der Waals surface area contributed by atoms with Gasteiger partial charge in [0.2, 0.25) is 0 Å². The van der Waals surface area contributed by atoms with E-state index in [1.54, 1.807) is 4.91 Å². The number of carboxylic acid groups (broad SMARTS) is 1. The Morgan fingerprint density at radius 2 is 2.25 bits per heavy atom. The summed E-state index contributed by atoms with van der Waals surface area (Å²) in [6.45, 7) is 0. The highest BCUT2D eigenvalue weighted by atomic mass is 16.4. The van der Waals surface area contributed by atoms with Crippen LogP contribution in [0.1, 0.15) is 10.5 Å². The van der Waals surface area contributed by atoms with Gasteiger partial charge in [0.05, 0.1) is 6.20 Å². The highest BCUT2D eigenvalue weighted by Crippen LogP contribution is 1.86. The molecule has 0 spiro atoms. The summed E-state index contributed by atoms with van der Waals surface area (Å²) < 4.78 is 0. The third-order valence-corrected chi connectivity index (χ3v) is 0.782. The van der Waals surface area contributed by atoms with E-state index in [0.717, 1.165) is 0 Å². The van der Waals surface area contributed by atoms with E-state index < -0.39 is 5.97 Å². The normalized spacial score (nSPS) is 7.33. The van der Waals surface area contributed by atoms with Gasteiger partial charge in [-0.05, 0) is 10.4 Å². The molecule has 0 bridgehead atoms. The van der Waals surface area contributed by atoms with Crippen molar-refractivity contribution >= 4 is 5.97 Å². The van der Waals surface area contributed by atoms with E-state index in [9.17, 15) is 4.79 Å². The lowest BCUT2D eigenvalue weighted by atomic mass is 10.5. The van der Waals surface area contributed by atoms with Gasteiger partial charge in [0.1, 0.15) is 0 Å². The van der Waals surface area contributed by atoms with Gasteiger partial charge in [-0.2, -0.15) is 0 Å². The molecule has 0 atom stereocenters. The Balaban J connectivity index is 0.000000354. The predicted octanol–water partition coefficient (Wildman–Crippen LogP) is 1.05. The Labute approximate surface area is 67.1 Å². The molecule has 1 rings (SSSR count). The third-order valence-electron chi connectivity index (χ3n) is 0.782. The fourth-order valence-corrected chi connectivity index (χ4v) is 0.410. The topological polar surface area (TPSA) is 123 Å². The van der Waals surface area contributed by atoms with Gasteiger partial charge < -0.3 is 5.11 Å². The largest absolute Gasteiger partial charge is 0.476 e. The SMILES string of the molecule is O=C(O)c1cnccn1.[N-]=[N+]=N. The van der Waals surface area contributed by atoms with Crippen LogP contribution in [0.5, 0.6) is 0 Å². The van der Waals surface area contributed by atoms with Crippen molar-refractivity contribution in [3.05, 3.63) is 34.7 Å². The molecular weight excluding hydrogens is 162 g/mol. The van der Waals surface area contributed by atoms with Crippen LogP contribution in [-0.4, -0.2) is 21.0 Å². The van der Waals surface area contributed by atoms with Crippen LogP contribution in [0.25, 0.3) is 10.4 Å². The van der Waals surface area contributed by atoms with Gasteiger partial charge in [-0.1, -0.05) is 0 Å². The molecular formula is C5H5N5O2. The van der Waals surface area contributed by atoms with E-state index in [-0.39, 0.29) is 5.69 Å². The van der Waals surface area contributed by atoms with Gasteiger partial charge in [0.25, 0.3) is 0 Å². The standard InChI is InChI=1S/C5H4N2O2.HN3/c8-5(9)4-3-6-1-2-7-4;1-3-2/h1-3H,(H,8,9);1H. The zero-order valence-corrected chi connectivity index (χ0v) is 5.88. The van der Waals surface area contributed by atoms with Crippen LogP contribution in [-0.2, 0) is 0 Å². The minimum absolute atomic E-state index is 0.0301. The average Bonchev–Trinajstić information content (AvgIpc) is 2.07. The first-order valence-electron chi connectivity index (χ1n) is 2.72. The van der Waals surface area contributed by atoms with Crippen molar-refractivity contribution in [1.82, 2.24) is 9.97 Å². The molecule has 1 aromatic rings. The van der Waals surface area contributed by atoms with Crippen LogP contribution in [0.4, 0.5) is 0 Å². The average molecular weight is 167 g/mol. The minimum Gasteiger partial charge on any atom is -0.476 e. The second-order valence-corrected chi connectivity index (χ2v) is 1.50. The molecule has 7 heteroatoms. The second kappa shape index (κ2) is 5.63. The first-order chi connectivity index (χ1) is 5.72. The Kier molecular flexibility index (Phi) is 4.63. The lowest BCUT2D eigenvalue weighted by Gasteiger charge is -1.86. The summed E-state index contributed by atoms with van der Waals surface area (Å²) in [5.41, 5.74) is 12.2. The fraction of sp³-hybridized carbons (Fsp3) is 0. The summed E-state index contributed by atoms with van der Waals surface area (Å²) in [4.78, 5) is 18.9. The molecule has 1 heterocycles. The number of hydrogen-bond acceptors (Lipinski definition) is 4. The van der Waals surface area contributed by atoms with Crippen LogP contribution in [0.2, 0.25) is 0 Å². The summed E-state index contributed by atoms with van der Waals surface area (Å²) in [7, 11) is 0. The molecule has 0 saturated carbocycles. The van der Waals surface area contributed by atoms with E-state index in [1.165, 1.54) is 18.6 Å². The molecule has 0 aliphatic carbocycles. The highest BCUT2D eigenvalue weighted by molar-refractivity contribution is 5.84. The monoisotopic (exact) mass is 167 g/mol. The molecule has 0 aromatic carbocycles. The number of rotatable bonds is 1. The second-order valence-electron chi connectivity index (χ2n) is 1.50. The lowest BCUT2D eigenvalue weighted by Crippen LogP contribution is -1.99. The number of aromatic carboxylic acids is 1. The Hall–Kier alpha value is -2.14. The van der Waals surface area contributed by atoms with Crippen LogP contribution < -0.4 is 0 Å². The number of carbonyl (C=O) groups is 1. The van der Waals surface area contributed by atoms with Crippen LogP contribution >= 0.6 is 0 Å². The third kappa shape index (κ3) is 3.80. The number of aromatic nitrogens is 2. The Morgan fingerprint density at radius 3 is 2.50 bits per heavy atom. The molecule has 62 valence electrons. The molecule has 0 amide bonds. The number of nitrogens with one attached hydrogen (secondary N) is 1. The molecule has 0 radical (unpaired) electrons. The molecule has 0 aliphatic rings. The van der Waals surface area contributed by atoms with E-state index in [1.807, 2.05) is 0 Å². The zero-order valence-electron chi connectivity index (χ0n) is 5.88. The lowest BCUT2D eigenvalue weighted by molar-refractivity contribution is 0.0690. The van der Waals surface area contributed by atoms with Crippen molar-refractivity contribution in [3.8, 4) is 0 Å². The van der Waals surface area contributed by atoms with Crippen LogP contribution in [0.3, 0.4) is 0 Å². The highest BCUT2D eigenvalue weighted by Gasteiger charge is 2.00. The van der Waals surface area contributed by atoms with Gasteiger partial charge >= 0.3 is 5.97 Å². The Bertz CT molecular complexity index is 279. The van der Waals surface area contributed by atoms with Gasteiger partial charge in [-0.15, -0.1) is 5.53 Å². The molecule has 12 heavy (non-hydrogen) atoms. The van der Waals surface area contributed by atoms with Crippen molar-refractivity contribution in [3.63, 3.8) is 0 Å². The molecule has 0 aliphatic heterocycles. The maximum absolute atomic E-state index is 10.1. The molecule has 7 nitrogen and oxygen atoms in total. The molecule has 1 aromatic heterocycles. The van der Waals surface area contributed by atoms with Crippen molar-refractivity contribution in [2.24, 2.45) is 0 Å². The first kappa shape index (κ1) is 9.86. The minimum atomic E-state index is -1.05. The number of nitrogens with zero attached hydrogens (tertiary/aromatic N) is 4. The van der Waals surface area contributed by atoms with Gasteiger partial charge in [0.15, 0.2) is 5.69 Å². The van der Waals surface area contributed by atoms with E-state index in [2.05, 4.69) is 9.97 Å². The summed E-state index contributed by atoms with van der Waals surface area (Å²) >= 11 is 0. The quantitative estimate of drug-likeness (QED) is 0.368. The summed E-state index contributed by atoms with van der Waals surface area (Å²) in [6, 6.07) is 0. The van der Waals surface area contributed by atoms with E-state index in [0.29, 0.717) is 0 Å². The summed E-state index contributed by atoms with van der Waals surface area (Å²) in [5, 5.41) is 8.28. The Morgan fingerprint density at radius 1 is 1.67 bits per heavy atom. The summed E-state index contributed by atoms with van der Waals surface area (Å²) in [5.74, 6) is -1.05. The van der Waals surface area contributed by atoms with Gasteiger partial charge in [0, 0.05) is 12.4 Å². The molecule has 0 fully saturated rings. The van der Waals surface area contributed by atoms with Crippen molar-refractivity contribution in [2.45, 2.75) is 0 Å². The van der Waals surface area contributed by atoms with E-state index in [4.69, 9.17) is 16.2 Å². The van der Waals surface area contributed by atoms with Gasteiger partial charge in [-0.25, -0.2) is 9.78 Å². The zero-order chi connectivity index (χ0) is 9.40. The van der Waals surface area contributed by atoms with Gasteiger partial charge in [-0.3, -0.25) is 4.98 Å². The molecule has 2 N–H and O–H groups in total.